The van der Waals surface area contributed by atoms with E-state index in [2.05, 4.69) is 10.1 Å². The summed E-state index contributed by atoms with van der Waals surface area (Å²) in [5.41, 5.74) is -0.130. The highest BCUT2D eigenvalue weighted by atomic mass is 32.1. The first-order chi connectivity index (χ1) is 14.2. The third kappa shape index (κ3) is 3.47. The molecule has 0 spiro atoms. The van der Waals surface area contributed by atoms with E-state index >= 15 is 0 Å². The summed E-state index contributed by atoms with van der Waals surface area (Å²) in [6.45, 7) is 1.20. The van der Waals surface area contributed by atoms with Gasteiger partial charge in [-0.3, -0.25) is 0 Å². The molecule has 2 heterocycles. The normalized spacial score (nSPS) is 11.8. The highest BCUT2D eigenvalue weighted by Gasteiger charge is 2.37. The van der Waals surface area contributed by atoms with E-state index in [4.69, 9.17) is 4.52 Å². The zero-order chi connectivity index (χ0) is 21.6. The second-order valence-corrected chi connectivity index (χ2v) is 7.35. The number of aromatic nitrogens is 2. The summed E-state index contributed by atoms with van der Waals surface area (Å²) < 4.78 is 86.4. The molecule has 0 bridgehead atoms. The maximum atomic E-state index is 13.8. The number of hydrogen-bond acceptors (Lipinski definition) is 4. The van der Waals surface area contributed by atoms with Crippen LogP contribution in [0.1, 0.15) is 10.4 Å². The van der Waals surface area contributed by atoms with E-state index < -0.39 is 28.5 Å². The molecule has 30 heavy (non-hydrogen) atoms. The molecule has 2 aromatic heterocycles. The number of hydrogen-bond donors (Lipinski definition) is 0. The molecule has 0 N–H and O–H groups in total. The van der Waals surface area contributed by atoms with Gasteiger partial charge in [0.25, 0.3) is 5.89 Å². The van der Waals surface area contributed by atoms with Crippen LogP contribution in [0.4, 0.5) is 26.3 Å². The highest BCUT2D eigenvalue weighted by Crippen LogP contribution is 2.45. The van der Waals surface area contributed by atoms with Gasteiger partial charge in [0.1, 0.15) is 4.88 Å². The van der Waals surface area contributed by atoms with E-state index in [1.807, 2.05) is 0 Å². The molecule has 0 fully saturated rings. The standard InChI is InChI=1S/C20H10F6N2OS/c1-9-11(7-13(21)16(23)15(9)22)18-27-19(29-28-18)14-8-12(10-5-3-2-4-6-10)17(30-14)20(24,25)26/h2-8H,1H3. The predicted octanol–water partition coefficient (Wildman–Crippen LogP) is 6.88. The van der Waals surface area contributed by atoms with Crippen LogP contribution in [-0.4, -0.2) is 10.1 Å². The van der Waals surface area contributed by atoms with Gasteiger partial charge in [-0.15, -0.1) is 11.3 Å². The minimum absolute atomic E-state index is 0.0284. The van der Waals surface area contributed by atoms with E-state index in [-0.39, 0.29) is 33.3 Å². The first kappa shape index (κ1) is 20.1. The predicted molar refractivity (Wildman–Crippen MR) is 98.1 cm³/mol. The summed E-state index contributed by atoms with van der Waals surface area (Å²) in [5.74, 6) is -5.02. The average molecular weight is 440 g/mol. The van der Waals surface area contributed by atoms with Crippen LogP contribution in [0.25, 0.3) is 33.3 Å². The minimum atomic E-state index is -4.61. The lowest BCUT2D eigenvalue weighted by molar-refractivity contribution is -0.133. The molecule has 0 amide bonds. The Kier molecular flexibility index (Phi) is 4.89. The van der Waals surface area contributed by atoms with Crippen LogP contribution in [0.3, 0.4) is 0 Å². The van der Waals surface area contributed by atoms with Crippen LogP contribution in [0.5, 0.6) is 0 Å². The Hall–Kier alpha value is -3.14. The Morgan fingerprint density at radius 3 is 2.30 bits per heavy atom. The maximum Gasteiger partial charge on any atom is 0.426 e. The van der Waals surface area contributed by atoms with Gasteiger partial charge in [0.15, 0.2) is 17.5 Å². The SMILES string of the molecule is Cc1c(-c2noc(-c3cc(-c4ccccc4)c(C(F)(F)F)s3)n2)cc(F)c(F)c1F. The van der Waals surface area contributed by atoms with Gasteiger partial charge in [0.2, 0.25) is 5.82 Å². The molecule has 0 saturated carbocycles. The molecule has 2 aromatic carbocycles. The zero-order valence-electron chi connectivity index (χ0n) is 15.0. The van der Waals surface area contributed by atoms with E-state index in [1.54, 1.807) is 18.2 Å². The number of rotatable bonds is 3. The fourth-order valence-electron chi connectivity index (χ4n) is 2.89. The van der Waals surface area contributed by atoms with Crippen molar-refractivity contribution in [3.63, 3.8) is 0 Å². The van der Waals surface area contributed by atoms with Crippen molar-refractivity contribution in [2.75, 3.05) is 0 Å². The first-order valence-electron chi connectivity index (χ1n) is 8.42. The molecule has 0 saturated heterocycles. The molecule has 4 aromatic rings. The van der Waals surface area contributed by atoms with Gasteiger partial charge in [0.05, 0.1) is 4.88 Å². The Morgan fingerprint density at radius 1 is 0.933 bits per heavy atom. The number of thiophene rings is 1. The molecule has 0 atom stereocenters. The summed E-state index contributed by atoms with van der Waals surface area (Å²) in [6.07, 6.45) is -4.61. The first-order valence-corrected chi connectivity index (χ1v) is 9.23. The van der Waals surface area contributed by atoms with Gasteiger partial charge in [-0.25, -0.2) is 13.2 Å². The molecule has 0 unspecified atom stereocenters. The molecule has 10 heteroatoms. The molecule has 0 aliphatic rings. The van der Waals surface area contributed by atoms with Crippen LogP contribution in [-0.2, 0) is 6.18 Å². The third-order valence-electron chi connectivity index (χ3n) is 4.36. The summed E-state index contributed by atoms with van der Waals surface area (Å²) in [4.78, 5) is 3.14. The van der Waals surface area contributed by atoms with Gasteiger partial charge >= 0.3 is 6.18 Å². The number of benzene rings is 2. The maximum absolute atomic E-state index is 13.8. The van der Waals surface area contributed by atoms with Crippen molar-refractivity contribution in [3.8, 4) is 33.3 Å². The van der Waals surface area contributed by atoms with Crippen molar-refractivity contribution < 1.29 is 30.9 Å². The molecular weight excluding hydrogens is 430 g/mol. The second-order valence-electron chi connectivity index (χ2n) is 6.30. The molecule has 0 aliphatic heterocycles. The van der Waals surface area contributed by atoms with Gasteiger partial charge in [0, 0.05) is 11.1 Å². The molecule has 154 valence electrons. The Balaban J connectivity index is 1.81. The van der Waals surface area contributed by atoms with E-state index in [1.165, 1.54) is 25.1 Å². The molecule has 4 rings (SSSR count). The summed E-state index contributed by atoms with van der Waals surface area (Å²) in [6, 6.07) is 9.93. The fraction of sp³-hybridized carbons (Fsp3) is 0.100. The summed E-state index contributed by atoms with van der Waals surface area (Å²) in [7, 11) is 0. The zero-order valence-corrected chi connectivity index (χ0v) is 15.8. The molecule has 0 aliphatic carbocycles. The lowest BCUT2D eigenvalue weighted by Crippen LogP contribution is -2.03. The van der Waals surface area contributed by atoms with Crippen molar-refractivity contribution in [1.29, 1.82) is 0 Å². The minimum Gasteiger partial charge on any atom is -0.333 e. The number of nitrogens with zero attached hydrogens (tertiary/aromatic N) is 2. The van der Waals surface area contributed by atoms with Crippen LogP contribution in [0, 0.1) is 24.4 Å². The molecular formula is C20H10F6N2OS. The van der Waals surface area contributed by atoms with Crippen molar-refractivity contribution >= 4 is 11.3 Å². The average Bonchev–Trinajstić information content (AvgIpc) is 3.37. The Morgan fingerprint density at radius 2 is 1.63 bits per heavy atom. The van der Waals surface area contributed by atoms with E-state index in [0.29, 0.717) is 23.0 Å². The monoisotopic (exact) mass is 440 g/mol. The van der Waals surface area contributed by atoms with Gasteiger partial charge in [-0.2, -0.15) is 18.2 Å². The largest absolute Gasteiger partial charge is 0.426 e. The second kappa shape index (κ2) is 7.28. The molecule has 3 nitrogen and oxygen atoms in total. The van der Waals surface area contributed by atoms with Gasteiger partial charge < -0.3 is 4.52 Å². The van der Waals surface area contributed by atoms with Crippen LogP contribution >= 0.6 is 11.3 Å². The molecule has 0 radical (unpaired) electrons. The quantitative estimate of drug-likeness (QED) is 0.258. The van der Waals surface area contributed by atoms with Crippen molar-refractivity contribution in [2.45, 2.75) is 13.1 Å². The summed E-state index contributed by atoms with van der Waals surface area (Å²) >= 11 is 0.406. The van der Waals surface area contributed by atoms with Crippen LogP contribution < -0.4 is 0 Å². The van der Waals surface area contributed by atoms with Crippen LogP contribution in [0.15, 0.2) is 47.0 Å². The Labute approximate surface area is 169 Å². The lowest BCUT2D eigenvalue weighted by atomic mass is 10.1. The lowest BCUT2D eigenvalue weighted by Gasteiger charge is -2.07. The number of alkyl halides is 3. The van der Waals surface area contributed by atoms with Crippen molar-refractivity contribution in [1.82, 2.24) is 10.1 Å². The Bertz CT molecular complexity index is 1230. The van der Waals surface area contributed by atoms with Crippen LogP contribution in [0.2, 0.25) is 0 Å². The van der Waals surface area contributed by atoms with Crippen molar-refractivity contribution in [3.05, 3.63) is 70.4 Å². The number of halogens is 6. The third-order valence-corrected chi connectivity index (χ3v) is 5.53. The topological polar surface area (TPSA) is 38.9 Å². The smallest absolute Gasteiger partial charge is 0.333 e. The van der Waals surface area contributed by atoms with Crippen molar-refractivity contribution in [2.24, 2.45) is 0 Å². The van der Waals surface area contributed by atoms with E-state index in [9.17, 15) is 26.3 Å². The summed E-state index contributed by atoms with van der Waals surface area (Å²) in [5, 5.41) is 3.59. The van der Waals surface area contributed by atoms with E-state index in [0.717, 1.165) is 0 Å². The van der Waals surface area contributed by atoms with Gasteiger partial charge in [-0.1, -0.05) is 35.5 Å². The highest BCUT2D eigenvalue weighted by molar-refractivity contribution is 7.16. The van der Waals surface area contributed by atoms with Gasteiger partial charge in [-0.05, 0) is 30.2 Å². The fourth-order valence-corrected chi connectivity index (χ4v) is 3.86.